The number of fused-ring (bicyclic) bond motifs is 7. The Morgan fingerprint density at radius 1 is 1.23 bits per heavy atom. The molecule has 1 saturated heterocycles. The molecule has 3 aliphatic carbocycles. The van der Waals surface area contributed by atoms with Gasteiger partial charge in [-0.15, -0.1) is 0 Å². The van der Waals surface area contributed by atoms with E-state index in [4.69, 9.17) is 5.73 Å². The normalized spacial score (nSPS) is 33.5. The summed E-state index contributed by atoms with van der Waals surface area (Å²) in [6.07, 6.45) is 1.42. The third-order valence-electron chi connectivity index (χ3n) is 9.97. The number of aromatic hydroxyl groups is 1. The first-order chi connectivity index (χ1) is 18.8. The molecule has 6 rings (SSSR count). The number of phenolic OH excluding ortho intramolecular Hbond substituents is 1. The Morgan fingerprint density at radius 2 is 1.93 bits per heavy atom. The van der Waals surface area contributed by atoms with Crippen molar-refractivity contribution < 1.29 is 34.8 Å². The van der Waals surface area contributed by atoms with Crippen LogP contribution in [0.3, 0.4) is 0 Å². The van der Waals surface area contributed by atoms with Crippen LogP contribution in [0.1, 0.15) is 42.5 Å². The zero-order valence-corrected chi connectivity index (χ0v) is 23.1. The average Bonchev–Trinajstić information content (AvgIpc) is 3.25. The Balaban J connectivity index is 1.57. The van der Waals surface area contributed by atoms with Crippen LogP contribution < -0.4 is 10.6 Å². The van der Waals surface area contributed by atoms with Crippen LogP contribution in [0.15, 0.2) is 23.0 Å². The third-order valence-corrected chi connectivity index (χ3v) is 9.97. The van der Waals surface area contributed by atoms with E-state index in [1.54, 1.807) is 20.2 Å². The topological polar surface area (TPSA) is 168 Å². The van der Waals surface area contributed by atoms with Gasteiger partial charge in [0.25, 0.3) is 5.91 Å². The zero-order valence-electron chi connectivity index (χ0n) is 23.1. The maximum absolute atomic E-state index is 14.1. The van der Waals surface area contributed by atoms with Crippen molar-refractivity contribution in [2.45, 2.75) is 43.9 Å². The van der Waals surface area contributed by atoms with E-state index in [0.29, 0.717) is 12.3 Å². The van der Waals surface area contributed by atoms with E-state index in [1.165, 1.54) is 4.90 Å². The molecule has 2 heterocycles. The summed E-state index contributed by atoms with van der Waals surface area (Å²) in [4.78, 5) is 45.6. The van der Waals surface area contributed by atoms with Gasteiger partial charge in [0.05, 0.1) is 11.6 Å². The summed E-state index contributed by atoms with van der Waals surface area (Å²) in [5.41, 5.74) is 4.65. The molecule has 11 nitrogen and oxygen atoms in total. The summed E-state index contributed by atoms with van der Waals surface area (Å²) in [6.45, 7) is 4.58. The number of phenols is 1. The van der Waals surface area contributed by atoms with Crippen molar-refractivity contribution in [3.8, 4) is 5.75 Å². The van der Waals surface area contributed by atoms with Gasteiger partial charge in [-0.2, -0.15) is 0 Å². The summed E-state index contributed by atoms with van der Waals surface area (Å²) in [5, 5.41) is 45.7. The van der Waals surface area contributed by atoms with Crippen LogP contribution in [0.5, 0.6) is 5.75 Å². The SMILES string of the molecule is CCN1CC2CCN(C)C2c2cc(O)c3c(c21)C[C@@H]1C[C@@H]2[C@@H](N(C)C)C(=O)C(C(N)=O)=C(O)[C@@]2(O)C(=O)C1=C3O. The second-order valence-electron chi connectivity index (χ2n) is 12.2. The highest BCUT2D eigenvalue weighted by atomic mass is 16.3. The number of aliphatic hydroxyl groups is 3. The van der Waals surface area contributed by atoms with Crippen LogP contribution in [0.2, 0.25) is 0 Å². The molecule has 0 spiro atoms. The van der Waals surface area contributed by atoms with Crippen molar-refractivity contribution >= 4 is 28.9 Å². The van der Waals surface area contributed by atoms with Gasteiger partial charge in [0.1, 0.15) is 22.8 Å². The first kappa shape index (κ1) is 26.8. The molecular weight excluding hydrogens is 516 g/mol. The van der Waals surface area contributed by atoms with Gasteiger partial charge >= 0.3 is 0 Å². The predicted molar refractivity (Wildman–Crippen MR) is 146 cm³/mol. The van der Waals surface area contributed by atoms with Crippen LogP contribution in [0, 0.1) is 17.8 Å². The van der Waals surface area contributed by atoms with Crippen molar-refractivity contribution in [1.82, 2.24) is 9.80 Å². The molecule has 40 heavy (non-hydrogen) atoms. The van der Waals surface area contributed by atoms with E-state index in [2.05, 4.69) is 23.8 Å². The predicted octanol–water partition coefficient (Wildman–Crippen LogP) is 0.797. The molecule has 214 valence electrons. The summed E-state index contributed by atoms with van der Waals surface area (Å²) in [5.74, 6) is -5.95. The molecule has 5 aliphatic rings. The van der Waals surface area contributed by atoms with Crippen LogP contribution in [0.25, 0.3) is 5.76 Å². The molecule has 1 amide bonds. The van der Waals surface area contributed by atoms with E-state index in [-0.39, 0.29) is 29.3 Å². The number of primary amides is 1. The summed E-state index contributed by atoms with van der Waals surface area (Å²) >= 11 is 0. The van der Waals surface area contributed by atoms with E-state index < -0.39 is 58.0 Å². The Labute approximate surface area is 232 Å². The number of hydrogen-bond donors (Lipinski definition) is 5. The van der Waals surface area contributed by atoms with Crippen molar-refractivity contribution in [2.75, 3.05) is 45.7 Å². The minimum absolute atomic E-state index is 0.0777. The third kappa shape index (κ3) is 3.25. The van der Waals surface area contributed by atoms with Gasteiger partial charge in [0, 0.05) is 36.3 Å². The number of carbonyl (C=O) groups is 3. The lowest BCUT2D eigenvalue weighted by molar-refractivity contribution is -0.153. The largest absolute Gasteiger partial charge is 0.508 e. The number of Topliss-reactive ketones (excluding diaryl/α,β-unsaturated/α-hetero) is 2. The fraction of sp³-hybridized carbons (Fsp3) is 0.552. The number of anilines is 1. The summed E-state index contributed by atoms with van der Waals surface area (Å²) in [6, 6.07) is 0.708. The first-order valence-corrected chi connectivity index (χ1v) is 13.8. The number of aliphatic hydroxyl groups excluding tert-OH is 2. The second-order valence-corrected chi connectivity index (χ2v) is 12.2. The standard InChI is InChI=1S/C29H36N4O7/c1-5-33-11-12-6-7-32(4)21(12)15-10-17(34)19-14(22(15)33)8-13-9-16-23(31(2)3)25(36)20(28(30)39)27(38)29(16,40)26(37)18(13)24(19)35/h10,12-13,16,21,23,34-35,38,40H,5-9,11H2,1-4H3,(H2,30,39)/t12?,13-,16-,21?,23-,29+/m1/s1. The van der Waals surface area contributed by atoms with Gasteiger partial charge in [-0.05, 0) is 82.9 Å². The highest BCUT2D eigenvalue weighted by molar-refractivity contribution is 6.24. The molecular formula is C29H36N4O7. The lowest BCUT2D eigenvalue weighted by Gasteiger charge is -2.50. The van der Waals surface area contributed by atoms with Gasteiger partial charge in [-0.3, -0.25) is 24.2 Å². The fourth-order valence-corrected chi connectivity index (χ4v) is 8.30. The first-order valence-electron chi connectivity index (χ1n) is 13.8. The molecule has 6 N–H and O–H groups in total. The minimum Gasteiger partial charge on any atom is -0.508 e. The Bertz CT molecular complexity index is 1430. The number of likely N-dealkylation sites (N-methyl/N-ethyl adjacent to an activating group) is 1. The molecule has 2 unspecified atom stereocenters. The number of rotatable bonds is 3. The number of benzene rings is 1. The maximum Gasteiger partial charge on any atom is 0.255 e. The van der Waals surface area contributed by atoms with E-state index in [1.807, 2.05) is 0 Å². The van der Waals surface area contributed by atoms with Crippen molar-refractivity contribution in [2.24, 2.45) is 23.5 Å². The van der Waals surface area contributed by atoms with Crippen LogP contribution in [0.4, 0.5) is 5.69 Å². The van der Waals surface area contributed by atoms with Crippen LogP contribution in [-0.2, 0) is 20.8 Å². The molecule has 2 aliphatic heterocycles. The van der Waals surface area contributed by atoms with Crippen LogP contribution in [-0.4, -0.2) is 100 Å². The molecule has 0 radical (unpaired) electrons. The fourth-order valence-electron chi connectivity index (χ4n) is 8.30. The Hall–Kier alpha value is -3.41. The molecule has 1 aromatic carbocycles. The van der Waals surface area contributed by atoms with E-state index in [0.717, 1.165) is 42.9 Å². The average molecular weight is 553 g/mol. The molecule has 1 saturated carbocycles. The number of ketones is 2. The Kier molecular flexibility index (Phi) is 5.89. The molecule has 6 atom stereocenters. The molecule has 11 heteroatoms. The van der Waals surface area contributed by atoms with Gasteiger partial charge in [0.15, 0.2) is 11.4 Å². The van der Waals surface area contributed by atoms with Crippen LogP contribution >= 0.6 is 0 Å². The van der Waals surface area contributed by atoms with Crippen molar-refractivity contribution in [1.29, 1.82) is 0 Å². The smallest absolute Gasteiger partial charge is 0.255 e. The molecule has 1 aromatic rings. The molecule has 0 bridgehead atoms. The van der Waals surface area contributed by atoms with Crippen molar-refractivity contribution in [3.05, 3.63) is 39.7 Å². The van der Waals surface area contributed by atoms with E-state index >= 15 is 0 Å². The number of amides is 1. The Morgan fingerprint density at radius 3 is 2.55 bits per heavy atom. The maximum atomic E-state index is 14.1. The quantitative estimate of drug-likeness (QED) is 0.338. The molecule has 2 fully saturated rings. The van der Waals surface area contributed by atoms with Gasteiger partial charge < -0.3 is 31.1 Å². The summed E-state index contributed by atoms with van der Waals surface area (Å²) < 4.78 is 0. The van der Waals surface area contributed by atoms with E-state index in [9.17, 15) is 34.8 Å². The zero-order chi connectivity index (χ0) is 29.0. The highest BCUT2D eigenvalue weighted by Gasteiger charge is 2.64. The number of likely N-dealkylation sites (tertiary alicyclic amines) is 1. The van der Waals surface area contributed by atoms with Gasteiger partial charge in [-0.1, -0.05) is 0 Å². The van der Waals surface area contributed by atoms with Crippen molar-refractivity contribution in [3.63, 3.8) is 0 Å². The monoisotopic (exact) mass is 552 g/mol. The second kappa shape index (κ2) is 8.79. The van der Waals surface area contributed by atoms with Gasteiger partial charge in [-0.25, -0.2) is 0 Å². The lowest BCUT2D eigenvalue weighted by atomic mass is 9.57. The highest BCUT2D eigenvalue weighted by Crippen LogP contribution is 2.56. The van der Waals surface area contributed by atoms with Gasteiger partial charge in [0.2, 0.25) is 5.78 Å². The number of hydrogen-bond acceptors (Lipinski definition) is 10. The number of nitrogens with two attached hydrogens (primary N) is 1. The minimum atomic E-state index is -2.64. The number of carbonyl (C=O) groups excluding carboxylic acids is 3. The lowest BCUT2D eigenvalue weighted by Crippen LogP contribution is -2.65. The number of nitrogens with zero attached hydrogens (tertiary/aromatic N) is 3. The molecule has 0 aromatic heterocycles. The summed E-state index contributed by atoms with van der Waals surface area (Å²) in [7, 11) is 5.26.